The molecule has 0 aromatic heterocycles. The minimum Gasteiger partial charge on any atom is -0.493 e. The summed E-state index contributed by atoms with van der Waals surface area (Å²) in [5, 5.41) is 0. The molecule has 1 aliphatic heterocycles. The number of ether oxygens (including phenoxy) is 3. The third-order valence-electron chi connectivity index (χ3n) is 5.67. The smallest absolute Gasteiger partial charge is 0.338 e. The quantitative estimate of drug-likeness (QED) is 0.403. The SMILES string of the molecule is CCCC1(COC)CCCOc2cc(/C=C/c3ccc(C(=O)OCC)cc3)ccc21. The monoisotopic (exact) mass is 408 g/mol. The highest BCUT2D eigenvalue weighted by Crippen LogP contribution is 2.42. The van der Waals surface area contributed by atoms with Crippen LogP contribution in [0.3, 0.4) is 0 Å². The van der Waals surface area contributed by atoms with Gasteiger partial charge in [0, 0.05) is 18.1 Å². The van der Waals surface area contributed by atoms with Crippen molar-refractivity contribution in [2.24, 2.45) is 0 Å². The molecule has 1 heterocycles. The first-order valence-electron chi connectivity index (χ1n) is 10.8. The second-order valence-electron chi connectivity index (χ2n) is 7.85. The largest absolute Gasteiger partial charge is 0.493 e. The van der Waals surface area contributed by atoms with E-state index in [4.69, 9.17) is 14.2 Å². The molecule has 0 N–H and O–H groups in total. The lowest BCUT2D eigenvalue weighted by Gasteiger charge is -2.33. The van der Waals surface area contributed by atoms with Crippen LogP contribution >= 0.6 is 0 Å². The number of methoxy groups -OCH3 is 1. The summed E-state index contributed by atoms with van der Waals surface area (Å²) in [5.74, 6) is 0.681. The summed E-state index contributed by atoms with van der Waals surface area (Å²) in [4.78, 5) is 11.8. The van der Waals surface area contributed by atoms with Gasteiger partial charge < -0.3 is 14.2 Å². The predicted octanol–water partition coefficient (Wildman–Crippen LogP) is 5.89. The first-order valence-corrected chi connectivity index (χ1v) is 10.8. The van der Waals surface area contributed by atoms with Crippen LogP contribution in [0.4, 0.5) is 0 Å². The summed E-state index contributed by atoms with van der Waals surface area (Å²) in [7, 11) is 1.78. The van der Waals surface area contributed by atoms with Gasteiger partial charge in [0.15, 0.2) is 0 Å². The molecule has 2 aromatic carbocycles. The third kappa shape index (κ3) is 5.11. The molecule has 4 heteroatoms. The van der Waals surface area contributed by atoms with Crippen molar-refractivity contribution in [3.8, 4) is 5.75 Å². The molecule has 1 unspecified atom stereocenters. The molecule has 0 amide bonds. The van der Waals surface area contributed by atoms with Crippen LogP contribution < -0.4 is 4.74 Å². The van der Waals surface area contributed by atoms with Crippen LogP contribution in [0.2, 0.25) is 0 Å². The molecule has 1 atom stereocenters. The van der Waals surface area contributed by atoms with Gasteiger partial charge in [-0.1, -0.05) is 49.8 Å². The summed E-state index contributed by atoms with van der Waals surface area (Å²) in [6.45, 7) is 5.88. The van der Waals surface area contributed by atoms with Crippen LogP contribution in [0.5, 0.6) is 5.75 Å². The second-order valence-corrected chi connectivity index (χ2v) is 7.85. The van der Waals surface area contributed by atoms with Crippen LogP contribution in [0.15, 0.2) is 42.5 Å². The lowest BCUT2D eigenvalue weighted by molar-refractivity contribution is 0.0526. The Kier molecular flexibility index (Phi) is 7.69. The van der Waals surface area contributed by atoms with Crippen LogP contribution in [-0.2, 0) is 14.9 Å². The Morgan fingerprint density at radius 2 is 1.83 bits per heavy atom. The average molecular weight is 409 g/mol. The summed E-state index contributed by atoms with van der Waals surface area (Å²) in [6, 6.07) is 13.9. The van der Waals surface area contributed by atoms with Gasteiger partial charge in [0.1, 0.15) is 5.75 Å². The van der Waals surface area contributed by atoms with Gasteiger partial charge in [0.2, 0.25) is 0 Å². The highest BCUT2D eigenvalue weighted by atomic mass is 16.5. The number of carbonyl (C=O) groups is 1. The third-order valence-corrected chi connectivity index (χ3v) is 5.67. The Morgan fingerprint density at radius 1 is 1.10 bits per heavy atom. The number of hydrogen-bond donors (Lipinski definition) is 0. The van der Waals surface area contributed by atoms with Gasteiger partial charge in [-0.3, -0.25) is 0 Å². The van der Waals surface area contributed by atoms with Gasteiger partial charge in [0.25, 0.3) is 0 Å². The van der Waals surface area contributed by atoms with E-state index in [0.29, 0.717) is 12.2 Å². The fourth-order valence-corrected chi connectivity index (χ4v) is 4.30. The zero-order valence-corrected chi connectivity index (χ0v) is 18.3. The molecular formula is C26H32O4. The van der Waals surface area contributed by atoms with Crippen molar-refractivity contribution in [3.05, 3.63) is 64.7 Å². The Morgan fingerprint density at radius 3 is 2.53 bits per heavy atom. The Balaban J connectivity index is 1.81. The summed E-state index contributed by atoms with van der Waals surface area (Å²) in [5.41, 5.74) is 3.98. The Labute approximate surface area is 179 Å². The van der Waals surface area contributed by atoms with Gasteiger partial charge in [0.05, 0.1) is 25.4 Å². The maximum Gasteiger partial charge on any atom is 0.338 e. The summed E-state index contributed by atoms with van der Waals surface area (Å²) >= 11 is 0. The average Bonchev–Trinajstić information content (AvgIpc) is 2.93. The zero-order valence-electron chi connectivity index (χ0n) is 18.3. The van der Waals surface area contributed by atoms with E-state index in [1.165, 1.54) is 5.56 Å². The van der Waals surface area contributed by atoms with Crippen molar-refractivity contribution in [1.82, 2.24) is 0 Å². The van der Waals surface area contributed by atoms with Crippen molar-refractivity contribution in [3.63, 3.8) is 0 Å². The van der Waals surface area contributed by atoms with E-state index in [0.717, 1.165) is 55.8 Å². The molecule has 2 aromatic rings. The highest BCUT2D eigenvalue weighted by Gasteiger charge is 2.35. The second kappa shape index (κ2) is 10.4. The van der Waals surface area contributed by atoms with E-state index >= 15 is 0 Å². The van der Waals surface area contributed by atoms with Crippen LogP contribution in [0.1, 0.15) is 66.6 Å². The lowest BCUT2D eigenvalue weighted by atomic mass is 9.74. The first-order chi connectivity index (χ1) is 14.6. The van der Waals surface area contributed by atoms with E-state index in [2.05, 4.69) is 31.2 Å². The molecule has 4 nitrogen and oxygen atoms in total. The normalized spacial score (nSPS) is 18.5. The Hall–Kier alpha value is -2.59. The molecule has 3 rings (SSSR count). The molecule has 1 aliphatic rings. The number of carbonyl (C=O) groups excluding carboxylic acids is 1. The molecule has 30 heavy (non-hydrogen) atoms. The van der Waals surface area contributed by atoms with Gasteiger partial charge >= 0.3 is 5.97 Å². The number of fused-ring (bicyclic) bond motifs is 1. The van der Waals surface area contributed by atoms with Crippen molar-refractivity contribution in [2.45, 2.75) is 44.9 Å². The molecule has 0 radical (unpaired) electrons. The van der Waals surface area contributed by atoms with E-state index in [9.17, 15) is 4.79 Å². The van der Waals surface area contributed by atoms with Crippen LogP contribution in [0.25, 0.3) is 12.2 Å². The maximum atomic E-state index is 11.8. The fraction of sp³-hybridized carbons (Fsp3) is 0.423. The highest BCUT2D eigenvalue weighted by molar-refractivity contribution is 5.89. The first kappa shape index (κ1) is 22.1. The van der Waals surface area contributed by atoms with Crippen molar-refractivity contribution in [1.29, 1.82) is 0 Å². The summed E-state index contributed by atoms with van der Waals surface area (Å²) < 4.78 is 16.8. The van der Waals surface area contributed by atoms with Crippen LogP contribution in [0, 0.1) is 0 Å². The molecule has 0 saturated carbocycles. The predicted molar refractivity (Wildman–Crippen MR) is 121 cm³/mol. The zero-order chi connectivity index (χ0) is 21.4. The van der Waals surface area contributed by atoms with Gasteiger partial charge in [-0.25, -0.2) is 4.79 Å². The van der Waals surface area contributed by atoms with Crippen LogP contribution in [-0.4, -0.2) is 32.9 Å². The minimum absolute atomic E-state index is 0.0283. The maximum absolute atomic E-state index is 11.8. The molecule has 0 fully saturated rings. The number of benzene rings is 2. The van der Waals surface area contributed by atoms with Crippen molar-refractivity contribution < 1.29 is 19.0 Å². The lowest BCUT2D eigenvalue weighted by Crippen LogP contribution is -2.31. The van der Waals surface area contributed by atoms with E-state index in [1.54, 1.807) is 26.2 Å². The Bertz CT molecular complexity index is 861. The summed E-state index contributed by atoms with van der Waals surface area (Å²) in [6.07, 6.45) is 8.46. The fourth-order valence-electron chi connectivity index (χ4n) is 4.30. The van der Waals surface area contributed by atoms with E-state index < -0.39 is 0 Å². The van der Waals surface area contributed by atoms with Gasteiger partial charge in [-0.2, -0.15) is 0 Å². The molecule has 160 valence electrons. The molecule has 0 spiro atoms. The number of rotatable bonds is 8. The molecule has 0 bridgehead atoms. The standard InChI is InChI=1S/C26H32O4/c1-4-15-26(19-28-3)16-6-17-30-24-18-21(11-14-23(24)26)8-7-20-9-12-22(13-10-20)25(27)29-5-2/h7-14,18H,4-6,15-17,19H2,1-3H3/b8-7+. The van der Waals surface area contributed by atoms with E-state index in [-0.39, 0.29) is 11.4 Å². The van der Waals surface area contributed by atoms with Crippen molar-refractivity contribution >= 4 is 18.1 Å². The molecule has 0 saturated heterocycles. The van der Waals surface area contributed by atoms with Crippen molar-refractivity contribution in [2.75, 3.05) is 26.9 Å². The number of hydrogen-bond acceptors (Lipinski definition) is 4. The molecule has 0 aliphatic carbocycles. The molecular weight excluding hydrogens is 376 g/mol. The van der Waals surface area contributed by atoms with E-state index in [1.807, 2.05) is 18.2 Å². The topological polar surface area (TPSA) is 44.8 Å². The number of esters is 1. The van der Waals surface area contributed by atoms with Gasteiger partial charge in [-0.05, 0) is 55.5 Å². The van der Waals surface area contributed by atoms with Gasteiger partial charge in [-0.15, -0.1) is 0 Å². The minimum atomic E-state index is -0.289.